The highest BCUT2D eigenvalue weighted by Gasteiger charge is 2.12. The first-order valence-electron chi connectivity index (χ1n) is 8.02. The van der Waals surface area contributed by atoms with Gasteiger partial charge in [-0.3, -0.25) is 9.78 Å². The number of nitrogens with one attached hydrogen (secondary N) is 1. The first kappa shape index (κ1) is 16.6. The molecule has 3 aromatic rings. The third-order valence-corrected chi connectivity index (χ3v) is 4.00. The third kappa shape index (κ3) is 3.83. The zero-order valence-electron chi connectivity index (χ0n) is 13.8. The molecule has 0 saturated carbocycles. The normalized spacial score (nSPS) is 10.6. The molecule has 0 unspecified atom stereocenters. The highest BCUT2D eigenvalue weighted by atomic mass is 16.4. The number of rotatable bonds is 5. The molecule has 0 spiro atoms. The van der Waals surface area contributed by atoms with E-state index >= 15 is 0 Å². The summed E-state index contributed by atoms with van der Waals surface area (Å²) in [6, 6.07) is 16.3. The van der Waals surface area contributed by atoms with Gasteiger partial charge in [0.05, 0.1) is 16.8 Å². The van der Waals surface area contributed by atoms with E-state index in [1.807, 2.05) is 37.3 Å². The van der Waals surface area contributed by atoms with Gasteiger partial charge in [-0.05, 0) is 37.1 Å². The second-order valence-electron chi connectivity index (χ2n) is 5.84. The van der Waals surface area contributed by atoms with Gasteiger partial charge in [0.2, 0.25) is 5.91 Å². The molecule has 0 aliphatic heterocycles. The molecule has 0 aliphatic rings. The summed E-state index contributed by atoms with van der Waals surface area (Å²) >= 11 is 0. The van der Waals surface area contributed by atoms with Crippen molar-refractivity contribution in [2.45, 2.75) is 19.8 Å². The van der Waals surface area contributed by atoms with E-state index in [9.17, 15) is 14.7 Å². The van der Waals surface area contributed by atoms with Crippen LogP contribution in [-0.4, -0.2) is 22.0 Å². The summed E-state index contributed by atoms with van der Waals surface area (Å²) in [5.74, 6) is -1.15. The van der Waals surface area contributed by atoms with E-state index in [4.69, 9.17) is 0 Å². The van der Waals surface area contributed by atoms with E-state index in [2.05, 4.69) is 10.3 Å². The number of carbonyl (C=O) groups is 2. The highest BCUT2D eigenvalue weighted by molar-refractivity contribution is 6.00. The molecule has 5 heteroatoms. The largest absolute Gasteiger partial charge is 0.478 e. The summed E-state index contributed by atoms with van der Waals surface area (Å²) < 4.78 is 0. The van der Waals surface area contributed by atoms with E-state index in [0.717, 1.165) is 16.6 Å². The predicted molar refractivity (Wildman–Crippen MR) is 96.8 cm³/mol. The Balaban J connectivity index is 1.74. The fourth-order valence-electron chi connectivity index (χ4n) is 2.75. The van der Waals surface area contributed by atoms with Crippen LogP contribution >= 0.6 is 0 Å². The van der Waals surface area contributed by atoms with Gasteiger partial charge in [0.1, 0.15) is 0 Å². The fourth-order valence-corrected chi connectivity index (χ4v) is 2.75. The fraction of sp³-hybridized carbons (Fsp3) is 0.150. The summed E-state index contributed by atoms with van der Waals surface area (Å²) in [6.45, 7) is 1.90. The number of anilines is 1. The van der Waals surface area contributed by atoms with Crippen LogP contribution in [0.5, 0.6) is 0 Å². The second kappa shape index (κ2) is 7.13. The van der Waals surface area contributed by atoms with Crippen molar-refractivity contribution in [3.8, 4) is 0 Å². The van der Waals surface area contributed by atoms with Crippen LogP contribution in [0.4, 0.5) is 5.69 Å². The number of fused-ring (bicyclic) bond motifs is 1. The first-order valence-corrected chi connectivity index (χ1v) is 8.02. The van der Waals surface area contributed by atoms with Crippen LogP contribution in [-0.2, 0) is 11.2 Å². The standard InChI is InChI=1S/C20H18N2O3/c1-13-9-10-15-6-4-8-17(19(15)21-13)22-18(23)12-11-14-5-2-3-7-16(14)20(24)25/h2-10H,11-12H2,1H3,(H,22,23)(H,24,25). The summed E-state index contributed by atoms with van der Waals surface area (Å²) in [4.78, 5) is 28.0. The van der Waals surface area contributed by atoms with Gasteiger partial charge in [-0.2, -0.15) is 0 Å². The van der Waals surface area contributed by atoms with Crippen molar-refractivity contribution in [1.82, 2.24) is 4.98 Å². The molecule has 0 fully saturated rings. The average molecular weight is 334 g/mol. The predicted octanol–water partition coefficient (Wildman–Crippen LogP) is 3.81. The van der Waals surface area contributed by atoms with E-state index in [-0.39, 0.29) is 17.9 Å². The lowest BCUT2D eigenvalue weighted by molar-refractivity contribution is -0.116. The van der Waals surface area contributed by atoms with Crippen molar-refractivity contribution in [3.05, 3.63) is 71.4 Å². The number of carboxylic acid groups (broad SMARTS) is 1. The molecule has 1 amide bonds. The molecule has 2 aromatic carbocycles. The minimum Gasteiger partial charge on any atom is -0.478 e. The van der Waals surface area contributed by atoms with Crippen molar-refractivity contribution >= 4 is 28.5 Å². The number of carbonyl (C=O) groups excluding carboxylic acids is 1. The van der Waals surface area contributed by atoms with E-state index in [1.165, 1.54) is 0 Å². The zero-order chi connectivity index (χ0) is 17.8. The van der Waals surface area contributed by atoms with Crippen LogP contribution in [0.3, 0.4) is 0 Å². The Hall–Kier alpha value is -3.21. The summed E-state index contributed by atoms with van der Waals surface area (Å²) in [7, 11) is 0. The first-order chi connectivity index (χ1) is 12.0. The van der Waals surface area contributed by atoms with Crippen molar-refractivity contribution in [1.29, 1.82) is 0 Å². The lowest BCUT2D eigenvalue weighted by Crippen LogP contribution is -2.14. The van der Waals surface area contributed by atoms with Crippen molar-refractivity contribution in [2.75, 3.05) is 5.32 Å². The lowest BCUT2D eigenvalue weighted by atomic mass is 10.0. The molecule has 25 heavy (non-hydrogen) atoms. The molecule has 1 heterocycles. The number of hydrogen-bond acceptors (Lipinski definition) is 3. The van der Waals surface area contributed by atoms with Crippen LogP contribution in [0.1, 0.15) is 28.0 Å². The molecule has 0 radical (unpaired) electrons. The Labute approximate surface area is 145 Å². The van der Waals surface area contributed by atoms with Crippen LogP contribution in [0, 0.1) is 6.92 Å². The third-order valence-electron chi connectivity index (χ3n) is 4.00. The number of pyridine rings is 1. The number of amides is 1. The van der Waals surface area contributed by atoms with Gasteiger partial charge in [0.15, 0.2) is 0 Å². The monoisotopic (exact) mass is 334 g/mol. The second-order valence-corrected chi connectivity index (χ2v) is 5.84. The van der Waals surface area contributed by atoms with Crippen molar-refractivity contribution in [3.63, 3.8) is 0 Å². The Morgan fingerprint density at radius 3 is 2.64 bits per heavy atom. The van der Waals surface area contributed by atoms with Crippen LogP contribution in [0.15, 0.2) is 54.6 Å². The number of hydrogen-bond donors (Lipinski definition) is 2. The van der Waals surface area contributed by atoms with Crippen LogP contribution in [0.25, 0.3) is 10.9 Å². The van der Waals surface area contributed by atoms with E-state index in [0.29, 0.717) is 17.7 Å². The minimum absolute atomic E-state index is 0.170. The number of para-hydroxylation sites is 1. The molecule has 3 rings (SSSR count). The molecular weight excluding hydrogens is 316 g/mol. The van der Waals surface area contributed by atoms with Gasteiger partial charge in [-0.15, -0.1) is 0 Å². The number of aromatic carboxylic acids is 1. The van der Waals surface area contributed by atoms with Gasteiger partial charge in [-0.25, -0.2) is 4.79 Å². The molecule has 0 saturated heterocycles. The topological polar surface area (TPSA) is 79.3 Å². The molecule has 0 bridgehead atoms. The maximum absolute atomic E-state index is 12.3. The highest BCUT2D eigenvalue weighted by Crippen LogP contribution is 2.22. The summed E-state index contributed by atoms with van der Waals surface area (Å²) in [5.41, 5.74) is 3.18. The molecule has 0 aliphatic carbocycles. The Morgan fingerprint density at radius 2 is 1.84 bits per heavy atom. The van der Waals surface area contributed by atoms with Crippen molar-refractivity contribution in [2.24, 2.45) is 0 Å². The molecular formula is C20H18N2O3. The number of carboxylic acids is 1. The van der Waals surface area contributed by atoms with Crippen molar-refractivity contribution < 1.29 is 14.7 Å². The Bertz CT molecular complexity index is 951. The maximum atomic E-state index is 12.3. The molecule has 126 valence electrons. The van der Waals surface area contributed by atoms with Crippen LogP contribution < -0.4 is 5.32 Å². The zero-order valence-corrected chi connectivity index (χ0v) is 13.8. The molecule has 1 aromatic heterocycles. The Kier molecular flexibility index (Phi) is 4.75. The SMILES string of the molecule is Cc1ccc2cccc(NC(=O)CCc3ccccc3C(=O)O)c2n1. The number of nitrogens with zero attached hydrogens (tertiary/aromatic N) is 1. The molecule has 5 nitrogen and oxygen atoms in total. The quantitative estimate of drug-likeness (QED) is 0.743. The molecule has 0 atom stereocenters. The smallest absolute Gasteiger partial charge is 0.335 e. The van der Waals surface area contributed by atoms with E-state index in [1.54, 1.807) is 24.3 Å². The maximum Gasteiger partial charge on any atom is 0.335 e. The summed E-state index contributed by atoms with van der Waals surface area (Å²) in [6.07, 6.45) is 0.567. The van der Waals surface area contributed by atoms with Crippen LogP contribution in [0.2, 0.25) is 0 Å². The van der Waals surface area contributed by atoms with Gasteiger partial charge in [-0.1, -0.05) is 36.4 Å². The number of benzene rings is 2. The average Bonchev–Trinajstić information content (AvgIpc) is 2.60. The lowest BCUT2D eigenvalue weighted by Gasteiger charge is -2.09. The van der Waals surface area contributed by atoms with Gasteiger partial charge >= 0.3 is 5.97 Å². The number of aromatic nitrogens is 1. The molecule has 2 N–H and O–H groups in total. The van der Waals surface area contributed by atoms with E-state index < -0.39 is 5.97 Å². The minimum atomic E-state index is -0.982. The van der Waals surface area contributed by atoms with Gasteiger partial charge < -0.3 is 10.4 Å². The number of aryl methyl sites for hydroxylation is 2. The Morgan fingerprint density at radius 1 is 1.04 bits per heavy atom. The summed E-state index contributed by atoms with van der Waals surface area (Å²) in [5, 5.41) is 13.0. The van der Waals surface area contributed by atoms with Gasteiger partial charge in [0.25, 0.3) is 0 Å². The van der Waals surface area contributed by atoms with Gasteiger partial charge in [0, 0.05) is 17.5 Å².